The zero-order chi connectivity index (χ0) is 15.6. The normalized spacial score (nSPS) is 10.8. The van der Waals surface area contributed by atoms with Gasteiger partial charge in [-0.1, -0.05) is 26.0 Å². The number of benzene rings is 2. The predicted octanol–water partition coefficient (Wildman–Crippen LogP) is 5.70. The van der Waals surface area contributed by atoms with Gasteiger partial charge < -0.3 is 4.74 Å². The first-order valence-electron chi connectivity index (χ1n) is 6.66. The third-order valence-electron chi connectivity index (χ3n) is 3.23. The third kappa shape index (κ3) is 4.07. The lowest BCUT2D eigenvalue weighted by atomic mass is 10.0. The first-order chi connectivity index (χ1) is 9.88. The number of ether oxygens (including phenoxy) is 1. The van der Waals surface area contributed by atoms with Crippen molar-refractivity contribution >= 4 is 44.5 Å². The van der Waals surface area contributed by atoms with E-state index in [1.807, 2.05) is 37.3 Å². The summed E-state index contributed by atoms with van der Waals surface area (Å²) >= 11 is 5.68. The molecule has 0 atom stereocenters. The number of hydrogen-bond acceptors (Lipinski definition) is 2. The van der Waals surface area contributed by atoms with Gasteiger partial charge in [-0.3, -0.25) is 0 Å². The van der Waals surface area contributed by atoms with Crippen molar-refractivity contribution in [2.75, 3.05) is 0 Å². The van der Waals surface area contributed by atoms with E-state index in [2.05, 4.69) is 52.4 Å². The molecule has 0 unspecified atom stereocenters. The fourth-order valence-corrected chi connectivity index (χ4v) is 2.83. The second kappa shape index (κ2) is 6.92. The van der Waals surface area contributed by atoms with E-state index in [-0.39, 0.29) is 5.97 Å². The van der Waals surface area contributed by atoms with Crippen molar-refractivity contribution in [3.05, 3.63) is 61.1 Å². The van der Waals surface area contributed by atoms with Crippen LogP contribution in [-0.4, -0.2) is 5.97 Å². The second-order valence-corrected chi connectivity index (χ2v) is 7.21. The number of hydrogen-bond donors (Lipinski definition) is 0. The molecule has 2 rings (SSSR count). The maximum Gasteiger partial charge on any atom is 0.343 e. The summed E-state index contributed by atoms with van der Waals surface area (Å²) < 4.78 is 7.32. The van der Waals surface area contributed by atoms with Gasteiger partial charge in [-0.2, -0.15) is 0 Å². The highest BCUT2D eigenvalue weighted by Crippen LogP contribution is 2.29. The van der Waals surface area contributed by atoms with Gasteiger partial charge in [-0.05, 0) is 86.8 Å². The van der Waals surface area contributed by atoms with Gasteiger partial charge >= 0.3 is 5.97 Å². The van der Waals surface area contributed by atoms with Crippen LogP contribution in [0.25, 0.3) is 0 Å². The maximum absolute atomic E-state index is 12.2. The summed E-state index contributed by atoms with van der Waals surface area (Å²) in [7, 11) is 0. The van der Waals surface area contributed by atoms with Crippen LogP contribution in [0.15, 0.2) is 40.9 Å². The second-order valence-electron chi connectivity index (χ2n) is 5.20. The highest BCUT2D eigenvalue weighted by Gasteiger charge is 2.13. The molecule has 2 aromatic carbocycles. The highest BCUT2D eigenvalue weighted by molar-refractivity contribution is 14.1. The number of carbonyl (C=O) groups is 1. The van der Waals surface area contributed by atoms with Crippen molar-refractivity contribution in [2.24, 2.45) is 0 Å². The van der Waals surface area contributed by atoms with Gasteiger partial charge in [0.1, 0.15) is 5.75 Å². The Kier molecular flexibility index (Phi) is 5.43. The van der Waals surface area contributed by atoms with Crippen LogP contribution in [0.3, 0.4) is 0 Å². The van der Waals surface area contributed by atoms with E-state index in [1.54, 1.807) is 6.07 Å². The predicted molar refractivity (Wildman–Crippen MR) is 97.1 cm³/mol. The molecule has 0 aromatic heterocycles. The topological polar surface area (TPSA) is 26.3 Å². The summed E-state index contributed by atoms with van der Waals surface area (Å²) in [5, 5.41) is 0. The lowest BCUT2D eigenvalue weighted by Crippen LogP contribution is -2.09. The molecule has 0 amide bonds. The molecule has 0 bridgehead atoms. The molecule has 0 N–H and O–H groups in total. The van der Waals surface area contributed by atoms with Gasteiger partial charge in [-0.25, -0.2) is 4.79 Å². The van der Waals surface area contributed by atoms with Crippen molar-refractivity contribution in [3.8, 4) is 5.75 Å². The summed E-state index contributed by atoms with van der Waals surface area (Å²) in [6.07, 6.45) is 0. The minimum absolute atomic E-state index is 0.342. The summed E-state index contributed by atoms with van der Waals surface area (Å²) in [6.45, 7) is 6.27. The fourth-order valence-electron chi connectivity index (χ4n) is 1.84. The molecule has 0 radical (unpaired) electrons. The van der Waals surface area contributed by atoms with Crippen LogP contribution in [0.5, 0.6) is 5.75 Å². The van der Waals surface area contributed by atoms with Crippen LogP contribution in [0.4, 0.5) is 0 Å². The van der Waals surface area contributed by atoms with Crippen LogP contribution in [0, 0.1) is 10.5 Å². The average Bonchev–Trinajstić information content (AvgIpc) is 2.43. The molecular weight excluding hydrogens is 443 g/mol. The SMILES string of the molecule is Cc1ccc(C(=O)Oc2ccc(C(C)C)cc2Br)cc1I. The van der Waals surface area contributed by atoms with Crippen molar-refractivity contribution < 1.29 is 9.53 Å². The quantitative estimate of drug-likeness (QED) is 0.334. The monoisotopic (exact) mass is 458 g/mol. The molecule has 0 spiro atoms. The molecule has 0 saturated heterocycles. The van der Waals surface area contributed by atoms with Crippen molar-refractivity contribution in [1.29, 1.82) is 0 Å². The maximum atomic E-state index is 12.2. The van der Waals surface area contributed by atoms with Crippen LogP contribution in [0.2, 0.25) is 0 Å². The Hall–Kier alpha value is -0.880. The Balaban J connectivity index is 2.21. The summed E-state index contributed by atoms with van der Waals surface area (Å²) in [4.78, 5) is 12.2. The minimum Gasteiger partial charge on any atom is -0.422 e. The number of carbonyl (C=O) groups excluding carboxylic acids is 1. The van der Waals surface area contributed by atoms with Crippen LogP contribution in [0.1, 0.15) is 41.3 Å². The number of halogens is 2. The van der Waals surface area contributed by atoms with E-state index in [0.717, 1.165) is 13.6 Å². The van der Waals surface area contributed by atoms with Crippen molar-refractivity contribution in [2.45, 2.75) is 26.7 Å². The van der Waals surface area contributed by atoms with Gasteiger partial charge in [0.05, 0.1) is 10.0 Å². The van der Waals surface area contributed by atoms with E-state index in [0.29, 0.717) is 17.2 Å². The van der Waals surface area contributed by atoms with E-state index in [4.69, 9.17) is 4.74 Å². The highest BCUT2D eigenvalue weighted by atomic mass is 127. The smallest absolute Gasteiger partial charge is 0.343 e. The van der Waals surface area contributed by atoms with E-state index < -0.39 is 0 Å². The Labute approximate surface area is 147 Å². The molecule has 4 heteroatoms. The molecule has 0 aliphatic rings. The van der Waals surface area contributed by atoms with Crippen LogP contribution < -0.4 is 4.74 Å². The Bertz CT molecular complexity index is 680. The zero-order valence-electron chi connectivity index (χ0n) is 12.1. The molecule has 0 fully saturated rings. The first-order valence-corrected chi connectivity index (χ1v) is 8.53. The third-order valence-corrected chi connectivity index (χ3v) is 5.01. The minimum atomic E-state index is -0.342. The average molecular weight is 459 g/mol. The van der Waals surface area contributed by atoms with E-state index in [1.165, 1.54) is 5.56 Å². The van der Waals surface area contributed by atoms with Crippen LogP contribution in [-0.2, 0) is 0 Å². The summed E-state index contributed by atoms with van der Waals surface area (Å²) in [6, 6.07) is 11.4. The fraction of sp³-hybridized carbons (Fsp3) is 0.235. The van der Waals surface area contributed by atoms with Gasteiger partial charge in [0.25, 0.3) is 0 Å². The van der Waals surface area contributed by atoms with Gasteiger partial charge in [0.15, 0.2) is 0 Å². The first kappa shape index (κ1) is 16.5. The lowest BCUT2D eigenvalue weighted by Gasteiger charge is -2.10. The largest absolute Gasteiger partial charge is 0.422 e. The van der Waals surface area contributed by atoms with E-state index in [9.17, 15) is 4.79 Å². The molecule has 0 aliphatic heterocycles. The number of aryl methyl sites for hydroxylation is 1. The molecule has 2 nitrogen and oxygen atoms in total. The lowest BCUT2D eigenvalue weighted by molar-refractivity contribution is 0.0733. The Morgan fingerprint density at radius 1 is 1.19 bits per heavy atom. The molecule has 0 heterocycles. The van der Waals surface area contributed by atoms with Crippen molar-refractivity contribution in [3.63, 3.8) is 0 Å². The summed E-state index contributed by atoms with van der Waals surface area (Å²) in [5.74, 6) is 0.635. The Morgan fingerprint density at radius 3 is 2.48 bits per heavy atom. The van der Waals surface area contributed by atoms with Gasteiger partial charge in [-0.15, -0.1) is 0 Å². The molecule has 110 valence electrons. The summed E-state index contributed by atoms with van der Waals surface area (Å²) in [5.41, 5.74) is 2.91. The van der Waals surface area contributed by atoms with Crippen molar-refractivity contribution in [1.82, 2.24) is 0 Å². The standard InChI is InChI=1S/C17H16BrIO2/c1-10(2)12-6-7-16(14(18)8-12)21-17(20)13-5-4-11(3)15(19)9-13/h4-10H,1-3H3. The number of esters is 1. The van der Waals surface area contributed by atoms with E-state index >= 15 is 0 Å². The van der Waals surface area contributed by atoms with Crippen LogP contribution >= 0.6 is 38.5 Å². The van der Waals surface area contributed by atoms with Gasteiger partial charge in [0.2, 0.25) is 0 Å². The zero-order valence-corrected chi connectivity index (χ0v) is 15.9. The Morgan fingerprint density at radius 2 is 1.90 bits per heavy atom. The number of rotatable bonds is 3. The van der Waals surface area contributed by atoms with Gasteiger partial charge in [0, 0.05) is 3.57 Å². The molecule has 0 saturated carbocycles. The molecule has 0 aliphatic carbocycles. The molecular formula is C17H16BrIO2. The molecule has 21 heavy (non-hydrogen) atoms. The molecule has 2 aromatic rings.